The van der Waals surface area contributed by atoms with Crippen molar-refractivity contribution in [3.8, 4) is 0 Å². The van der Waals surface area contributed by atoms with Gasteiger partial charge >= 0.3 is 5.97 Å². The smallest absolute Gasteiger partial charge is 0.337 e. The number of nitrogens with zero attached hydrogens (tertiary/aromatic N) is 1. The lowest BCUT2D eigenvalue weighted by atomic mass is 10.2. The average molecular weight is 345 g/mol. The van der Waals surface area contributed by atoms with Gasteiger partial charge in [-0.3, -0.25) is 4.79 Å². The quantitative estimate of drug-likeness (QED) is 0.864. The van der Waals surface area contributed by atoms with Crippen molar-refractivity contribution in [2.45, 2.75) is 12.5 Å². The number of rotatable bonds is 4. The monoisotopic (exact) mass is 344 g/mol. The molecule has 1 aliphatic heterocycles. The molecule has 0 saturated carbocycles. The molecule has 0 aromatic heterocycles. The van der Waals surface area contributed by atoms with Crippen molar-refractivity contribution in [2.75, 3.05) is 23.9 Å². The van der Waals surface area contributed by atoms with E-state index in [-0.39, 0.29) is 17.9 Å². The fourth-order valence-corrected chi connectivity index (χ4v) is 2.92. The molecule has 1 aliphatic rings. The van der Waals surface area contributed by atoms with Gasteiger partial charge in [-0.05, 0) is 48.9 Å². The third-order valence-corrected chi connectivity index (χ3v) is 4.21. The van der Waals surface area contributed by atoms with Crippen molar-refractivity contribution < 1.29 is 14.3 Å². The number of amides is 1. The number of carbonyl (C=O) groups is 2. The number of hydrogen-bond donors (Lipinski definition) is 1. The zero-order valence-corrected chi connectivity index (χ0v) is 13.9. The van der Waals surface area contributed by atoms with E-state index < -0.39 is 0 Å². The van der Waals surface area contributed by atoms with E-state index in [0.29, 0.717) is 23.6 Å². The zero-order valence-electron chi connectivity index (χ0n) is 13.2. The molecule has 24 heavy (non-hydrogen) atoms. The summed E-state index contributed by atoms with van der Waals surface area (Å²) in [6, 6.07) is 13.8. The fourth-order valence-electron chi connectivity index (χ4n) is 2.74. The van der Waals surface area contributed by atoms with Crippen LogP contribution in [-0.4, -0.2) is 31.6 Å². The number of halogens is 1. The van der Waals surface area contributed by atoms with E-state index in [1.807, 2.05) is 12.1 Å². The molecular formula is C18H17ClN2O3. The van der Waals surface area contributed by atoms with E-state index in [1.165, 1.54) is 7.11 Å². The van der Waals surface area contributed by atoms with Crippen LogP contribution in [0.25, 0.3) is 0 Å². The fraction of sp³-hybridized carbons (Fsp3) is 0.222. The topological polar surface area (TPSA) is 58.6 Å². The molecule has 1 amide bonds. The second-order valence-electron chi connectivity index (χ2n) is 5.52. The van der Waals surface area contributed by atoms with Gasteiger partial charge in [0.05, 0.1) is 12.7 Å². The van der Waals surface area contributed by atoms with E-state index in [9.17, 15) is 9.59 Å². The van der Waals surface area contributed by atoms with Gasteiger partial charge in [-0.2, -0.15) is 0 Å². The molecule has 0 aliphatic carbocycles. The molecule has 1 atom stereocenters. The third kappa shape index (κ3) is 3.36. The second kappa shape index (κ2) is 6.93. The minimum Gasteiger partial charge on any atom is -0.465 e. The SMILES string of the molecule is COC(=O)c1ccc(NC2CCN(c3cccc(Cl)c3)C2=O)cc1. The summed E-state index contributed by atoms with van der Waals surface area (Å²) in [5, 5.41) is 3.82. The highest BCUT2D eigenvalue weighted by Crippen LogP contribution is 2.26. The maximum absolute atomic E-state index is 12.6. The van der Waals surface area contributed by atoms with E-state index >= 15 is 0 Å². The summed E-state index contributed by atoms with van der Waals surface area (Å²) >= 11 is 6.00. The molecule has 1 saturated heterocycles. The average Bonchev–Trinajstić information content (AvgIpc) is 2.95. The largest absolute Gasteiger partial charge is 0.465 e. The van der Waals surface area contributed by atoms with Crippen LogP contribution in [0.3, 0.4) is 0 Å². The first-order chi connectivity index (χ1) is 11.6. The Morgan fingerprint density at radius 1 is 1.25 bits per heavy atom. The van der Waals surface area contributed by atoms with Crippen molar-refractivity contribution in [3.05, 3.63) is 59.1 Å². The lowest BCUT2D eigenvalue weighted by molar-refractivity contribution is -0.117. The number of anilines is 2. The molecule has 3 rings (SSSR count). The third-order valence-electron chi connectivity index (χ3n) is 3.97. The van der Waals surface area contributed by atoms with Gasteiger partial charge < -0.3 is 15.0 Å². The van der Waals surface area contributed by atoms with Crippen LogP contribution in [-0.2, 0) is 9.53 Å². The van der Waals surface area contributed by atoms with Gasteiger partial charge in [-0.1, -0.05) is 17.7 Å². The summed E-state index contributed by atoms with van der Waals surface area (Å²) in [7, 11) is 1.34. The molecule has 1 fully saturated rings. The van der Waals surface area contributed by atoms with Crippen molar-refractivity contribution >= 4 is 34.9 Å². The Hall–Kier alpha value is -2.53. The van der Waals surface area contributed by atoms with Crippen molar-refractivity contribution in [3.63, 3.8) is 0 Å². The van der Waals surface area contributed by atoms with Gasteiger partial charge in [0.1, 0.15) is 6.04 Å². The predicted molar refractivity (Wildman–Crippen MR) is 93.6 cm³/mol. The second-order valence-corrected chi connectivity index (χ2v) is 5.96. The van der Waals surface area contributed by atoms with Crippen LogP contribution in [0.4, 0.5) is 11.4 Å². The molecule has 0 spiro atoms. The molecule has 1 unspecified atom stereocenters. The summed E-state index contributed by atoms with van der Waals surface area (Å²) in [4.78, 5) is 25.8. The van der Waals surface area contributed by atoms with E-state index in [4.69, 9.17) is 11.6 Å². The number of esters is 1. The highest BCUT2D eigenvalue weighted by molar-refractivity contribution is 6.31. The Balaban J connectivity index is 1.68. The Labute approximate surface area is 145 Å². The summed E-state index contributed by atoms with van der Waals surface area (Å²) in [5.74, 6) is -0.375. The maximum atomic E-state index is 12.6. The number of methoxy groups -OCH3 is 1. The predicted octanol–water partition coefficient (Wildman–Crippen LogP) is 3.34. The molecule has 1 heterocycles. The molecule has 2 aromatic rings. The van der Waals surface area contributed by atoms with Crippen LogP contribution < -0.4 is 10.2 Å². The van der Waals surface area contributed by atoms with Gasteiger partial charge in [-0.25, -0.2) is 4.79 Å². The molecular weight excluding hydrogens is 328 g/mol. The summed E-state index contributed by atoms with van der Waals surface area (Å²) in [5.41, 5.74) is 2.06. The van der Waals surface area contributed by atoms with Gasteiger partial charge in [0.15, 0.2) is 0 Å². The van der Waals surface area contributed by atoms with E-state index in [1.54, 1.807) is 41.3 Å². The first kappa shape index (κ1) is 16.3. The number of nitrogens with one attached hydrogen (secondary N) is 1. The number of carbonyl (C=O) groups excluding carboxylic acids is 2. The van der Waals surface area contributed by atoms with Crippen molar-refractivity contribution in [2.24, 2.45) is 0 Å². The number of benzene rings is 2. The van der Waals surface area contributed by atoms with Crippen molar-refractivity contribution in [1.82, 2.24) is 0 Å². The summed E-state index contributed by atoms with van der Waals surface area (Å²) in [6.45, 7) is 0.636. The van der Waals surface area contributed by atoms with Gasteiger partial charge in [0, 0.05) is 22.9 Å². The Morgan fingerprint density at radius 2 is 2.00 bits per heavy atom. The lowest BCUT2D eigenvalue weighted by Crippen LogP contribution is -2.33. The molecule has 1 N–H and O–H groups in total. The van der Waals surface area contributed by atoms with Crippen LogP contribution in [0.2, 0.25) is 5.02 Å². The van der Waals surface area contributed by atoms with Crippen LogP contribution >= 0.6 is 11.6 Å². The molecule has 0 radical (unpaired) electrons. The van der Waals surface area contributed by atoms with Crippen molar-refractivity contribution in [1.29, 1.82) is 0 Å². The van der Waals surface area contributed by atoms with Crippen LogP contribution in [0.1, 0.15) is 16.8 Å². The minimum atomic E-state index is -0.384. The summed E-state index contributed by atoms with van der Waals surface area (Å²) in [6.07, 6.45) is 0.699. The standard InChI is InChI=1S/C18H17ClN2O3/c1-24-18(23)12-5-7-14(8-6-12)20-16-9-10-21(17(16)22)15-4-2-3-13(19)11-15/h2-8,11,16,20H,9-10H2,1H3. The molecule has 2 aromatic carbocycles. The van der Waals surface area contributed by atoms with E-state index in [0.717, 1.165) is 11.4 Å². The molecule has 5 nitrogen and oxygen atoms in total. The van der Waals surface area contributed by atoms with Crippen LogP contribution in [0, 0.1) is 0 Å². The maximum Gasteiger partial charge on any atom is 0.337 e. The Kier molecular flexibility index (Phi) is 4.71. The Morgan fingerprint density at radius 3 is 2.67 bits per heavy atom. The first-order valence-electron chi connectivity index (χ1n) is 7.60. The summed E-state index contributed by atoms with van der Waals surface area (Å²) < 4.78 is 4.67. The van der Waals surface area contributed by atoms with E-state index in [2.05, 4.69) is 10.1 Å². The number of ether oxygens (including phenoxy) is 1. The first-order valence-corrected chi connectivity index (χ1v) is 7.98. The normalized spacial score (nSPS) is 17.0. The van der Waals surface area contributed by atoms with Gasteiger partial charge in [0.2, 0.25) is 5.91 Å². The number of hydrogen-bond acceptors (Lipinski definition) is 4. The van der Waals surface area contributed by atoms with Gasteiger partial charge in [0.25, 0.3) is 0 Å². The Bertz CT molecular complexity index is 761. The van der Waals surface area contributed by atoms with Crippen LogP contribution in [0.15, 0.2) is 48.5 Å². The minimum absolute atomic E-state index is 0.00862. The zero-order chi connectivity index (χ0) is 17.1. The molecule has 124 valence electrons. The molecule has 6 heteroatoms. The highest BCUT2D eigenvalue weighted by atomic mass is 35.5. The highest BCUT2D eigenvalue weighted by Gasteiger charge is 2.32. The molecule has 0 bridgehead atoms. The van der Waals surface area contributed by atoms with Crippen LogP contribution in [0.5, 0.6) is 0 Å². The lowest BCUT2D eigenvalue weighted by Gasteiger charge is -2.18. The van der Waals surface area contributed by atoms with Gasteiger partial charge in [-0.15, -0.1) is 0 Å².